The molecule has 2 aromatic carbocycles. The Morgan fingerprint density at radius 2 is 1.27 bits per heavy atom. The minimum absolute atomic E-state index is 0.158. The molecule has 0 saturated carbocycles. The normalized spacial score (nSPS) is 18.4. The first-order valence-corrected chi connectivity index (χ1v) is 20.3. The summed E-state index contributed by atoms with van der Waals surface area (Å²) in [5, 5.41) is 0. The Kier molecular flexibility index (Phi) is 9.91. The first-order valence-electron chi connectivity index (χ1n) is 12.9. The summed E-state index contributed by atoms with van der Waals surface area (Å²) in [6.07, 6.45) is 6.78. The van der Waals surface area contributed by atoms with Gasteiger partial charge < -0.3 is 0 Å². The summed E-state index contributed by atoms with van der Waals surface area (Å²) in [5.41, 5.74) is 2.17. The molecular formula is C29H41NO2Sn. The van der Waals surface area contributed by atoms with Crippen LogP contribution in [-0.4, -0.2) is 29.4 Å². The van der Waals surface area contributed by atoms with Crippen LogP contribution in [0, 0.1) is 0 Å². The fourth-order valence-corrected chi connectivity index (χ4v) is 20.8. The Hall–Kier alpha value is -1.75. The van der Waals surface area contributed by atoms with E-state index in [4.69, 9.17) is 11.3 Å². The summed E-state index contributed by atoms with van der Waals surface area (Å²) in [6, 6.07) is 20.5. The fourth-order valence-electron chi connectivity index (χ4n) is 5.23. The standard InChI is InChI=1S/C17H14NO2.3C4H9.Sn/c1-2-18-15(13-9-5-3-6-10-13)16(20-17(18)19)14-11-7-4-8-12-14;3*1-3-4-2;/h3-12,15-16H,1H2;3*1,3-4H2,2H3;/t15-,16+;;;;/m0..../s1. The van der Waals surface area contributed by atoms with E-state index in [9.17, 15) is 4.79 Å². The van der Waals surface area contributed by atoms with E-state index in [1.807, 2.05) is 29.2 Å². The van der Waals surface area contributed by atoms with Gasteiger partial charge in [-0.25, -0.2) is 0 Å². The van der Waals surface area contributed by atoms with E-state index in [2.05, 4.69) is 57.2 Å². The molecule has 178 valence electrons. The van der Waals surface area contributed by atoms with Crippen molar-refractivity contribution in [2.45, 2.75) is 84.8 Å². The number of benzene rings is 2. The molecule has 0 radical (unpaired) electrons. The number of cyclic esters (lactones) is 1. The molecule has 0 spiro atoms. The number of carbonyl (C=O) groups is 1. The zero-order valence-electron chi connectivity index (χ0n) is 20.8. The first kappa shape index (κ1) is 25.9. The van der Waals surface area contributed by atoms with Crippen molar-refractivity contribution >= 4 is 24.5 Å². The van der Waals surface area contributed by atoms with Gasteiger partial charge in [0.05, 0.1) is 0 Å². The summed E-state index contributed by atoms with van der Waals surface area (Å²) in [5.74, 6) is 0. The predicted octanol–water partition coefficient (Wildman–Crippen LogP) is 8.82. The maximum atomic E-state index is 13.5. The molecule has 0 aliphatic carbocycles. The number of hydrogen-bond donors (Lipinski definition) is 0. The van der Waals surface area contributed by atoms with Crippen LogP contribution in [-0.2, 0) is 4.74 Å². The minimum atomic E-state index is -2.90. The van der Waals surface area contributed by atoms with E-state index >= 15 is 0 Å². The van der Waals surface area contributed by atoms with Gasteiger partial charge in [-0.15, -0.1) is 0 Å². The van der Waals surface area contributed by atoms with Crippen molar-refractivity contribution < 1.29 is 9.53 Å². The molecule has 0 N–H and O–H groups in total. The summed E-state index contributed by atoms with van der Waals surface area (Å²) in [7, 11) is 0. The molecule has 1 amide bonds. The quantitative estimate of drug-likeness (QED) is 0.232. The Balaban J connectivity index is 2.06. The van der Waals surface area contributed by atoms with E-state index in [0.29, 0.717) is 0 Å². The van der Waals surface area contributed by atoms with Gasteiger partial charge in [0.1, 0.15) is 0 Å². The molecule has 1 heterocycles. The van der Waals surface area contributed by atoms with Gasteiger partial charge >= 0.3 is 206 Å². The van der Waals surface area contributed by atoms with Crippen molar-refractivity contribution in [3.63, 3.8) is 0 Å². The Morgan fingerprint density at radius 1 is 0.818 bits per heavy atom. The van der Waals surface area contributed by atoms with Crippen LogP contribution in [0.1, 0.15) is 82.6 Å². The van der Waals surface area contributed by atoms with Gasteiger partial charge in [0, 0.05) is 0 Å². The van der Waals surface area contributed by atoms with Gasteiger partial charge in [0.25, 0.3) is 0 Å². The van der Waals surface area contributed by atoms with Crippen molar-refractivity contribution in [3.05, 3.63) is 82.1 Å². The number of amides is 1. The SMILES string of the molecule is C=[C](N1C(=O)O[C@H](c2ccccc2)[C@@H]1c1ccccc1)[Sn]([CH2]CCC)([CH2]CCC)[CH2]CCC. The molecule has 33 heavy (non-hydrogen) atoms. The molecule has 1 fully saturated rings. The Bertz CT molecular complexity index is 861. The molecule has 1 saturated heterocycles. The van der Waals surface area contributed by atoms with Gasteiger partial charge in [-0.2, -0.15) is 0 Å². The molecular weight excluding hydrogens is 513 g/mol. The maximum absolute atomic E-state index is 13.5. The Labute approximate surface area is 205 Å². The second kappa shape index (κ2) is 12.6. The van der Waals surface area contributed by atoms with Crippen LogP contribution < -0.4 is 0 Å². The zero-order valence-corrected chi connectivity index (χ0v) is 23.6. The summed E-state index contributed by atoms with van der Waals surface area (Å²) in [6.45, 7) is 11.6. The molecule has 0 aromatic heterocycles. The molecule has 0 bridgehead atoms. The van der Waals surface area contributed by atoms with Gasteiger partial charge in [-0.1, -0.05) is 0 Å². The van der Waals surface area contributed by atoms with Crippen LogP contribution >= 0.6 is 0 Å². The number of rotatable bonds is 13. The van der Waals surface area contributed by atoms with E-state index in [-0.39, 0.29) is 18.2 Å². The number of nitrogens with zero attached hydrogens (tertiary/aromatic N) is 1. The van der Waals surface area contributed by atoms with Crippen LogP contribution in [0.2, 0.25) is 13.3 Å². The van der Waals surface area contributed by atoms with Crippen LogP contribution in [0.25, 0.3) is 0 Å². The summed E-state index contributed by atoms with van der Waals surface area (Å²) >= 11 is -2.90. The number of hydrogen-bond acceptors (Lipinski definition) is 2. The molecule has 3 rings (SSSR count). The summed E-state index contributed by atoms with van der Waals surface area (Å²) in [4.78, 5) is 15.5. The Morgan fingerprint density at radius 3 is 1.73 bits per heavy atom. The molecule has 1 aliphatic rings. The molecule has 0 unspecified atom stereocenters. The third-order valence-corrected chi connectivity index (χ3v) is 22.6. The van der Waals surface area contributed by atoms with Crippen LogP contribution in [0.5, 0.6) is 0 Å². The molecule has 4 heteroatoms. The average Bonchev–Trinajstić information content (AvgIpc) is 3.21. The zero-order chi connectivity index (χ0) is 23.7. The van der Waals surface area contributed by atoms with Crippen molar-refractivity contribution in [2.75, 3.05) is 0 Å². The van der Waals surface area contributed by atoms with Gasteiger partial charge in [0.15, 0.2) is 0 Å². The van der Waals surface area contributed by atoms with Crippen molar-refractivity contribution in [3.8, 4) is 0 Å². The number of carbonyl (C=O) groups excluding carboxylic acids is 1. The molecule has 2 atom stereocenters. The van der Waals surface area contributed by atoms with E-state index in [0.717, 1.165) is 14.8 Å². The molecule has 1 aliphatic heterocycles. The van der Waals surface area contributed by atoms with E-state index < -0.39 is 18.4 Å². The average molecular weight is 554 g/mol. The number of ether oxygens (including phenoxy) is 1. The molecule has 3 nitrogen and oxygen atoms in total. The van der Waals surface area contributed by atoms with Gasteiger partial charge in [-0.05, 0) is 0 Å². The first-order chi connectivity index (χ1) is 16.1. The van der Waals surface area contributed by atoms with Crippen LogP contribution in [0.3, 0.4) is 0 Å². The van der Waals surface area contributed by atoms with E-state index in [1.54, 1.807) is 0 Å². The van der Waals surface area contributed by atoms with Crippen molar-refractivity contribution in [2.24, 2.45) is 0 Å². The van der Waals surface area contributed by atoms with Crippen LogP contribution in [0.4, 0.5) is 4.79 Å². The topological polar surface area (TPSA) is 29.5 Å². The summed E-state index contributed by atoms with van der Waals surface area (Å²) < 4.78 is 11.1. The number of unbranched alkanes of at least 4 members (excludes halogenated alkanes) is 3. The second-order valence-corrected chi connectivity index (χ2v) is 22.7. The van der Waals surface area contributed by atoms with Gasteiger partial charge in [-0.3, -0.25) is 0 Å². The monoisotopic (exact) mass is 555 g/mol. The van der Waals surface area contributed by atoms with Crippen molar-refractivity contribution in [1.29, 1.82) is 0 Å². The van der Waals surface area contributed by atoms with Crippen molar-refractivity contribution in [1.82, 2.24) is 4.90 Å². The third-order valence-electron chi connectivity index (χ3n) is 7.19. The van der Waals surface area contributed by atoms with Crippen LogP contribution in [0.15, 0.2) is 71.0 Å². The van der Waals surface area contributed by atoms with E-state index in [1.165, 1.54) is 51.8 Å². The predicted molar refractivity (Wildman–Crippen MR) is 141 cm³/mol. The third kappa shape index (κ3) is 6.03. The fraction of sp³-hybridized carbons (Fsp3) is 0.483. The van der Waals surface area contributed by atoms with Gasteiger partial charge in [0.2, 0.25) is 0 Å². The molecule has 2 aromatic rings. The second-order valence-electron chi connectivity index (χ2n) is 9.48.